The summed E-state index contributed by atoms with van der Waals surface area (Å²) in [5, 5.41) is 6.95. The van der Waals surface area contributed by atoms with E-state index < -0.39 is 6.04 Å². The highest BCUT2D eigenvalue weighted by molar-refractivity contribution is 6.21. The van der Waals surface area contributed by atoms with Crippen LogP contribution in [-0.2, 0) is 9.63 Å². The number of amides is 3. The highest BCUT2D eigenvalue weighted by atomic mass is 16.6. The maximum absolute atomic E-state index is 12.8. The highest BCUT2D eigenvalue weighted by Gasteiger charge is 2.41. The van der Waals surface area contributed by atoms with Crippen molar-refractivity contribution in [1.29, 1.82) is 0 Å². The zero-order valence-electron chi connectivity index (χ0n) is 14.4. The fourth-order valence-corrected chi connectivity index (χ4v) is 3.34. The Morgan fingerprint density at radius 2 is 1.85 bits per heavy atom. The molecule has 3 amide bonds. The summed E-state index contributed by atoms with van der Waals surface area (Å²) in [6.07, 6.45) is 0.459. The molecule has 0 bridgehead atoms. The summed E-state index contributed by atoms with van der Waals surface area (Å²) in [7, 11) is 0. The molecule has 0 aliphatic carbocycles. The number of para-hydroxylation sites is 1. The van der Waals surface area contributed by atoms with Gasteiger partial charge in [0.25, 0.3) is 5.91 Å². The summed E-state index contributed by atoms with van der Waals surface area (Å²) in [4.78, 5) is 31.5. The molecule has 4 rings (SSSR count). The Balaban J connectivity index is 1.51. The normalized spacial score (nSPS) is 22.2. The molecule has 2 aromatic rings. The lowest BCUT2D eigenvalue weighted by molar-refractivity contribution is -0.118. The van der Waals surface area contributed by atoms with E-state index in [-0.39, 0.29) is 17.9 Å². The van der Waals surface area contributed by atoms with Gasteiger partial charge in [0.05, 0.1) is 11.4 Å². The third-order valence-corrected chi connectivity index (χ3v) is 4.73. The fourth-order valence-electron chi connectivity index (χ4n) is 3.34. The van der Waals surface area contributed by atoms with E-state index >= 15 is 0 Å². The van der Waals surface area contributed by atoms with Crippen molar-refractivity contribution in [3.63, 3.8) is 0 Å². The zero-order chi connectivity index (χ0) is 18.1. The summed E-state index contributed by atoms with van der Waals surface area (Å²) in [5.74, 6) is -0.279. The first kappa shape index (κ1) is 16.3. The Hall–Kier alpha value is -3.15. The Labute approximate surface area is 151 Å². The molecule has 2 aromatic carbocycles. The molecule has 0 spiro atoms. The first-order chi connectivity index (χ1) is 12.6. The molecule has 0 aromatic heterocycles. The lowest BCUT2D eigenvalue weighted by Gasteiger charge is -2.15. The van der Waals surface area contributed by atoms with Crippen LogP contribution < -0.4 is 10.2 Å². The number of nitrogens with zero attached hydrogens (tertiary/aromatic N) is 2. The van der Waals surface area contributed by atoms with Crippen LogP contribution in [0.3, 0.4) is 0 Å². The minimum absolute atomic E-state index is 0.0392. The van der Waals surface area contributed by atoms with E-state index in [0.29, 0.717) is 18.7 Å². The van der Waals surface area contributed by atoms with Gasteiger partial charge in [-0.15, -0.1) is 0 Å². The van der Waals surface area contributed by atoms with Gasteiger partial charge in [-0.25, -0.2) is 9.69 Å². The van der Waals surface area contributed by atoms with Crippen molar-refractivity contribution in [1.82, 2.24) is 5.32 Å². The van der Waals surface area contributed by atoms with Gasteiger partial charge in [0, 0.05) is 5.92 Å². The predicted molar refractivity (Wildman–Crippen MR) is 98.0 cm³/mol. The minimum Gasteiger partial charge on any atom is -0.395 e. The maximum Gasteiger partial charge on any atom is 0.329 e. The lowest BCUT2D eigenvalue weighted by Crippen LogP contribution is -2.34. The molecule has 0 saturated carbocycles. The second-order valence-electron chi connectivity index (χ2n) is 6.58. The zero-order valence-corrected chi connectivity index (χ0v) is 14.4. The standard InChI is InChI=1S/C20H19N3O3/c1-13-7-9-14(10-8-13)18-15(12-26-22-18)11-17-19(24)23(20(25)21-17)16-5-3-2-4-6-16/h2-10,15,17H,11-12H2,1H3,(H,21,25)/t15?,17-/m1/s1. The van der Waals surface area contributed by atoms with Gasteiger partial charge in [-0.05, 0) is 31.0 Å². The van der Waals surface area contributed by atoms with Gasteiger partial charge in [0.15, 0.2) is 0 Å². The third-order valence-electron chi connectivity index (χ3n) is 4.73. The number of oxime groups is 1. The molecule has 26 heavy (non-hydrogen) atoms. The van der Waals surface area contributed by atoms with E-state index in [0.717, 1.165) is 11.3 Å². The number of nitrogens with one attached hydrogen (secondary N) is 1. The van der Waals surface area contributed by atoms with Crippen LogP contribution in [0.1, 0.15) is 17.5 Å². The first-order valence-electron chi connectivity index (χ1n) is 8.60. The molecule has 2 aliphatic heterocycles. The molecule has 2 heterocycles. The number of aryl methyl sites for hydroxylation is 1. The van der Waals surface area contributed by atoms with Crippen LogP contribution >= 0.6 is 0 Å². The Bertz CT molecular complexity index is 862. The highest BCUT2D eigenvalue weighted by Crippen LogP contribution is 2.26. The molecular formula is C20H19N3O3. The monoisotopic (exact) mass is 349 g/mol. The number of anilines is 1. The van der Waals surface area contributed by atoms with Crippen molar-refractivity contribution in [2.45, 2.75) is 19.4 Å². The Morgan fingerprint density at radius 3 is 2.58 bits per heavy atom. The van der Waals surface area contributed by atoms with Crippen LogP contribution in [0.15, 0.2) is 59.8 Å². The average molecular weight is 349 g/mol. The predicted octanol–water partition coefficient (Wildman–Crippen LogP) is 2.86. The quantitative estimate of drug-likeness (QED) is 0.863. The van der Waals surface area contributed by atoms with E-state index in [1.807, 2.05) is 37.3 Å². The van der Waals surface area contributed by atoms with Crippen LogP contribution in [0, 0.1) is 12.8 Å². The summed E-state index contributed by atoms with van der Waals surface area (Å²) >= 11 is 0. The number of imide groups is 1. The number of hydrogen-bond acceptors (Lipinski definition) is 4. The number of urea groups is 1. The molecule has 1 unspecified atom stereocenters. The number of hydrogen-bond donors (Lipinski definition) is 1. The molecule has 6 heteroatoms. The largest absolute Gasteiger partial charge is 0.395 e. The molecule has 2 aliphatic rings. The van der Waals surface area contributed by atoms with Crippen LogP contribution in [-0.4, -0.2) is 30.3 Å². The SMILES string of the molecule is Cc1ccc(C2=NOCC2C[C@H]2NC(=O)N(c3ccccc3)C2=O)cc1. The second kappa shape index (κ2) is 6.63. The van der Waals surface area contributed by atoms with E-state index in [9.17, 15) is 9.59 Å². The summed E-state index contributed by atoms with van der Waals surface area (Å²) < 4.78 is 0. The molecule has 1 fully saturated rings. The molecule has 1 saturated heterocycles. The van der Waals surface area contributed by atoms with Crippen molar-refractivity contribution in [2.24, 2.45) is 11.1 Å². The number of carbonyl (C=O) groups excluding carboxylic acids is 2. The minimum atomic E-state index is -0.579. The topological polar surface area (TPSA) is 71.0 Å². The number of benzene rings is 2. The fraction of sp³-hybridized carbons (Fsp3) is 0.250. The summed E-state index contributed by atoms with van der Waals surface area (Å²) in [6, 6.07) is 16.0. The van der Waals surface area contributed by atoms with Crippen LogP contribution in [0.25, 0.3) is 0 Å². The number of rotatable bonds is 4. The van der Waals surface area contributed by atoms with Gasteiger partial charge >= 0.3 is 6.03 Å². The molecular weight excluding hydrogens is 330 g/mol. The van der Waals surface area contributed by atoms with Gasteiger partial charge in [-0.3, -0.25) is 4.79 Å². The average Bonchev–Trinajstić information content (AvgIpc) is 3.21. The van der Waals surface area contributed by atoms with Gasteiger partial charge in [0.2, 0.25) is 0 Å². The molecule has 132 valence electrons. The maximum atomic E-state index is 12.8. The van der Waals surface area contributed by atoms with E-state index in [1.54, 1.807) is 24.3 Å². The smallest absolute Gasteiger partial charge is 0.329 e. The third kappa shape index (κ3) is 2.94. The van der Waals surface area contributed by atoms with Crippen LogP contribution in [0.4, 0.5) is 10.5 Å². The Morgan fingerprint density at radius 1 is 1.12 bits per heavy atom. The van der Waals surface area contributed by atoms with Gasteiger partial charge < -0.3 is 10.2 Å². The lowest BCUT2D eigenvalue weighted by atomic mass is 9.91. The second-order valence-corrected chi connectivity index (χ2v) is 6.58. The van der Waals surface area contributed by atoms with Crippen molar-refractivity contribution >= 4 is 23.3 Å². The number of carbonyl (C=O) groups is 2. The molecule has 1 N–H and O–H groups in total. The van der Waals surface area contributed by atoms with E-state index in [1.165, 1.54) is 10.5 Å². The van der Waals surface area contributed by atoms with Crippen molar-refractivity contribution in [3.05, 3.63) is 65.7 Å². The molecule has 6 nitrogen and oxygen atoms in total. The van der Waals surface area contributed by atoms with Gasteiger partial charge in [-0.1, -0.05) is 53.2 Å². The summed E-state index contributed by atoms with van der Waals surface area (Å²) in [5.41, 5.74) is 3.55. The van der Waals surface area contributed by atoms with Gasteiger partial charge in [0.1, 0.15) is 12.6 Å². The van der Waals surface area contributed by atoms with Crippen molar-refractivity contribution in [3.8, 4) is 0 Å². The van der Waals surface area contributed by atoms with E-state index in [4.69, 9.17) is 4.84 Å². The van der Waals surface area contributed by atoms with Crippen LogP contribution in [0.2, 0.25) is 0 Å². The van der Waals surface area contributed by atoms with Crippen molar-refractivity contribution in [2.75, 3.05) is 11.5 Å². The molecule has 2 atom stereocenters. The van der Waals surface area contributed by atoms with Crippen LogP contribution in [0.5, 0.6) is 0 Å². The van der Waals surface area contributed by atoms with E-state index in [2.05, 4.69) is 10.5 Å². The van der Waals surface area contributed by atoms with Gasteiger partial charge in [-0.2, -0.15) is 0 Å². The Kier molecular flexibility index (Phi) is 4.16. The van der Waals surface area contributed by atoms with Crippen molar-refractivity contribution < 1.29 is 14.4 Å². The molecule has 0 radical (unpaired) electrons. The first-order valence-corrected chi connectivity index (χ1v) is 8.60. The summed E-state index contributed by atoms with van der Waals surface area (Å²) in [6.45, 7) is 2.44.